The van der Waals surface area contributed by atoms with Crippen LogP contribution >= 0.6 is 0 Å². The molecule has 0 aliphatic carbocycles. The standard InChI is InChI=1S/C24H23NO2/c1-18-9-7-13-22(15-18)26-17-20(3)24(25-21-11-5-4-6-12-21)27-23-14-8-10-19(2)16-23/h4-17H,1-3H3/b20-17+,25-24?. The van der Waals surface area contributed by atoms with Crippen molar-refractivity contribution < 1.29 is 9.47 Å². The van der Waals surface area contributed by atoms with Crippen molar-refractivity contribution >= 4 is 11.6 Å². The summed E-state index contributed by atoms with van der Waals surface area (Å²) in [5.74, 6) is 2.02. The summed E-state index contributed by atoms with van der Waals surface area (Å²) in [5, 5.41) is 0. The molecule has 0 bridgehead atoms. The van der Waals surface area contributed by atoms with Gasteiger partial charge in [-0.15, -0.1) is 0 Å². The average molecular weight is 357 g/mol. The molecule has 3 nitrogen and oxygen atoms in total. The van der Waals surface area contributed by atoms with Crippen molar-refractivity contribution in [3.05, 3.63) is 102 Å². The Labute approximate surface area is 160 Å². The first-order valence-electron chi connectivity index (χ1n) is 8.89. The minimum Gasteiger partial charge on any atom is -0.465 e. The fraction of sp³-hybridized carbons (Fsp3) is 0.125. The quantitative estimate of drug-likeness (QED) is 0.301. The van der Waals surface area contributed by atoms with Crippen molar-refractivity contribution in [2.75, 3.05) is 0 Å². The monoisotopic (exact) mass is 357 g/mol. The minimum atomic E-state index is 0.499. The first kappa shape index (κ1) is 18.5. The van der Waals surface area contributed by atoms with Gasteiger partial charge in [0.05, 0.1) is 11.9 Å². The molecule has 136 valence electrons. The second kappa shape index (κ2) is 8.86. The van der Waals surface area contributed by atoms with Gasteiger partial charge in [0.2, 0.25) is 5.90 Å². The molecule has 0 spiro atoms. The zero-order valence-corrected chi connectivity index (χ0v) is 15.8. The minimum absolute atomic E-state index is 0.499. The highest BCUT2D eigenvalue weighted by atomic mass is 16.5. The lowest BCUT2D eigenvalue weighted by atomic mass is 10.2. The zero-order valence-electron chi connectivity index (χ0n) is 15.8. The van der Waals surface area contributed by atoms with E-state index in [-0.39, 0.29) is 0 Å². The van der Waals surface area contributed by atoms with E-state index < -0.39 is 0 Å². The van der Waals surface area contributed by atoms with Crippen LogP contribution in [-0.4, -0.2) is 5.90 Å². The van der Waals surface area contributed by atoms with Crippen molar-refractivity contribution in [3.8, 4) is 11.5 Å². The Morgan fingerprint density at radius 3 is 2.07 bits per heavy atom. The first-order valence-corrected chi connectivity index (χ1v) is 8.89. The molecule has 3 heteroatoms. The van der Waals surface area contributed by atoms with Crippen LogP contribution < -0.4 is 9.47 Å². The number of ether oxygens (including phenoxy) is 2. The van der Waals surface area contributed by atoms with E-state index in [1.165, 1.54) is 0 Å². The number of hydrogen-bond donors (Lipinski definition) is 0. The van der Waals surface area contributed by atoms with Crippen LogP contribution in [0.25, 0.3) is 0 Å². The van der Waals surface area contributed by atoms with Crippen LogP contribution in [0.5, 0.6) is 11.5 Å². The number of aliphatic imine (C=N–C) groups is 1. The Morgan fingerprint density at radius 2 is 1.41 bits per heavy atom. The van der Waals surface area contributed by atoms with Crippen molar-refractivity contribution in [3.63, 3.8) is 0 Å². The van der Waals surface area contributed by atoms with Gasteiger partial charge in [-0.3, -0.25) is 0 Å². The molecule has 0 saturated heterocycles. The van der Waals surface area contributed by atoms with Gasteiger partial charge in [0.15, 0.2) is 0 Å². The number of rotatable bonds is 5. The first-order chi connectivity index (χ1) is 13.1. The Bertz CT molecular complexity index is 959. The number of aryl methyl sites for hydroxylation is 2. The molecule has 0 unspecified atom stereocenters. The van der Waals surface area contributed by atoms with Gasteiger partial charge in [0.1, 0.15) is 11.5 Å². The second-order valence-electron chi connectivity index (χ2n) is 6.41. The molecule has 0 aliphatic rings. The molecule has 0 N–H and O–H groups in total. The smallest absolute Gasteiger partial charge is 0.225 e. The van der Waals surface area contributed by atoms with Gasteiger partial charge < -0.3 is 9.47 Å². The van der Waals surface area contributed by atoms with Crippen molar-refractivity contribution in [1.29, 1.82) is 0 Å². The van der Waals surface area contributed by atoms with E-state index in [9.17, 15) is 0 Å². The van der Waals surface area contributed by atoms with Crippen LogP contribution in [0.2, 0.25) is 0 Å². The Kier molecular flexibility index (Phi) is 6.06. The third-order valence-electron chi connectivity index (χ3n) is 3.89. The Hall–Kier alpha value is -3.33. The van der Waals surface area contributed by atoms with Crippen molar-refractivity contribution in [1.82, 2.24) is 0 Å². The Morgan fingerprint density at radius 1 is 0.778 bits per heavy atom. The molecule has 0 saturated carbocycles. The van der Waals surface area contributed by atoms with Gasteiger partial charge in [0, 0.05) is 5.57 Å². The molecule has 0 aliphatic heterocycles. The number of nitrogens with zero attached hydrogens (tertiary/aromatic N) is 1. The summed E-state index contributed by atoms with van der Waals surface area (Å²) >= 11 is 0. The summed E-state index contributed by atoms with van der Waals surface area (Å²) in [4.78, 5) is 4.66. The van der Waals surface area contributed by atoms with Crippen LogP contribution in [0.1, 0.15) is 18.1 Å². The maximum absolute atomic E-state index is 6.07. The number of para-hydroxylation sites is 1. The SMILES string of the molecule is C/C(=C\Oc1cccc(C)c1)C(=Nc1ccccc1)Oc1cccc(C)c1. The molecule has 0 fully saturated rings. The molecule has 0 radical (unpaired) electrons. The predicted molar refractivity (Wildman–Crippen MR) is 111 cm³/mol. The molecular weight excluding hydrogens is 334 g/mol. The highest BCUT2D eigenvalue weighted by Crippen LogP contribution is 2.19. The average Bonchev–Trinajstić information content (AvgIpc) is 2.66. The van der Waals surface area contributed by atoms with Gasteiger partial charge >= 0.3 is 0 Å². The van der Waals surface area contributed by atoms with Gasteiger partial charge in [-0.1, -0.05) is 42.5 Å². The fourth-order valence-electron chi connectivity index (χ4n) is 2.50. The van der Waals surface area contributed by atoms with E-state index in [1.807, 2.05) is 99.6 Å². The summed E-state index contributed by atoms with van der Waals surface area (Å²) < 4.78 is 11.9. The van der Waals surface area contributed by atoms with Gasteiger partial charge in [-0.25, -0.2) is 4.99 Å². The van der Waals surface area contributed by atoms with Crippen LogP contribution in [0.15, 0.2) is 95.7 Å². The van der Waals surface area contributed by atoms with Crippen LogP contribution in [0.4, 0.5) is 5.69 Å². The molecule has 3 rings (SSSR count). The topological polar surface area (TPSA) is 30.8 Å². The van der Waals surface area contributed by atoms with E-state index >= 15 is 0 Å². The van der Waals surface area contributed by atoms with Crippen LogP contribution in [-0.2, 0) is 0 Å². The van der Waals surface area contributed by atoms with Crippen molar-refractivity contribution in [2.45, 2.75) is 20.8 Å². The van der Waals surface area contributed by atoms with Crippen LogP contribution in [0, 0.1) is 13.8 Å². The predicted octanol–water partition coefficient (Wildman–Crippen LogP) is 6.40. The van der Waals surface area contributed by atoms with E-state index in [4.69, 9.17) is 9.47 Å². The summed E-state index contributed by atoms with van der Waals surface area (Å²) in [6.45, 7) is 5.99. The molecular formula is C24H23NO2. The number of benzene rings is 3. The van der Waals surface area contributed by atoms with E-state index in [1.54, 1.807) is 6.26 Å². The fourth-order valence-corrected chi connectivity index (χ4v) is 2.50. The largest absolute Gasteiger partial charge is 0.465 e. The normalized spacial score (nSPS) is 12.0. The summed E-state index contributed by atoms with van der Waals surface area (Å²) in [6, 6.07) is 25.5. The summed E-state index contributed by atoms with van der Waals surface area (Å²) in [7, 11) is 0. The lowest BCUT2D eigenvalue weighted by molar-refractivity contribution is 0.473. The van der Waals surface area contributed by atoms with Crippen LogP contribution in [0.3, 0.4) is 0 Å². The molecule has 3 aromatic rings. The lowest BCUT2D eigenvalue weighted by Gasteiger charge is -2.11. The summed E-state index contributed by atoms with van der Waals surface area (Å²) in [6.07, 6.45) is 1.67. The van der Waals surface area contributed by atoms with E-state index in [0.29, 0.717) is 5.90 Å². The molecule has 0 aromatic heterocycles. The van der Waals surface area contributed by atoms with E-state index in [0.717, 1.165) is 33.9 Å². The third kappa shape index (κ3) is 5.58. The molecule has 3 aromatic carbocycles. The Balaban J connectivity index is 1.88. The maximum atomic E-state index is 6.07. The maximum Gasteiger partial charge on any atom is 0.225 e. The van der Waals surface area contributed by atoms with Gasteiger partial charge in [-0.05, 0) is 68.3 Å². The molecule has 27 heavy (non-hydrogen) atoms. The lowest BCUT2D eigenvalue weighted by Crippen LogP contribution is -2.11. The van der Waals surface area contributed by atoms with Crippen molar-refractivity contribution in [2.24, 2.45) is 4.99 Å². The number of hydrogen-bond acceptors (Lipinski definition) is 3. The molecule has 0 heterocycles. The zero-order chi connectivity index (χ0) is 19.1. The highest BCUT2D eigenvalue weighted by molar-refractivity contribution is 5.96. The summed E-state index contributed by atoms with van der Waals surface area (Å²) in [5.41, 5.74) is 3.89. The molecule has 0 amide bonds. The van der Waals surface area contributed by atoms with Gasteiger partial charge in [0.25, 0.3) is 0 Å². The second-order valence-corrected chi connectivity index (χ2v) is 6.41. The molecule has 0 atom stereocenters. The van der Waals surface area contributed by atoms with E-state index in [2.05, 4.69) is 4.99 Å². The van der Waals surface area contributed by atoms with Gasteiger partial charge in [-0.2, -0.15) is 0 Å². The third-order valence-corrected chi connectivity index (χ3v) is 3.89. The highest BCUT2D eigenvalue weighted by Gasteiger charge is 2.08.